The van der Waals surface area contributed by atoms with E-state index < -0.39 is 0 Å². The number of carbonyl (C=O) groups is 2. The lowest BCUT2D eigenvalue weighted by atomic mass is 10.1. The van der Waals surface area contributed by atoms with Gasteiger partial charge in [-0.2, -0.15) is 5.26 Å². The van der Waals surface area contributed by atoms with Gasteiger partial charge in [-0.1, -0.05) is 24.3 Å². The molecule has 0 atom stereocenters. The van der Waals surface area contributed by atoms with E-state index in [4.69, 9.17) is 5.26 Å². The van der Waals surface area contributed by atoms with Crippen molar-refractivity contribution in [2.75, 3.05) is 37.6 Å². The normalized spacial score (nSPS) is 13.7. The Bertz CT molecular complexity index is 837. The number of benzene rings is 2. The Balaban J connectivity index is 1.42. The first-order chi connectivity index (χ1) is 13.2. The van der Waals surface area contributed by atoms with Gasteiger partial charge in [0.25, 0.3) is 5.91 Å². The van der Waals surface area contributed by atoms with Crippen LogP contribution in [0.3, 0.4) is 0 Å². The van der Waals surface area contributed by atoms with Gasteiger partial charge in [0.2, 0.25) is 5.91 Å². The molecule has 2 aromatic carbocycles. The number of nitriles is 1. The number of hydrogen-bond acceptors (Lipinski definition) is 4. The quantitative estimate of drug-likeness (QED) is 0.883. The molecule has 27 heavy (non-hydrogen) atoms. The maximum absolute atomic E-state index is 12.4. The number of anilines is 1. The molecule has 3 rings (SSSR count). The summed E-state index contributed by atoms with van der Waals surface area (Å²) in [7, 11) is 0. The van der Waals surface area contributed by atoms with Gasteiger partial charge in [-0.05, 0) is 30.3 Å². The smallest absolute Gasteiger partial charge is 0.251 e. The maximum atomic E-state index is 12.4. The lowest BCUT2D eigenvalue weighted by Crippen LogP contribution is -2.49. The number of nitrogens with one attached hydrogen (secondary N) is 1. The summed E-state index contributed by atoms with van der Waals surface area (Å²) < 4.78 is 0. The van der Waals surface area contributed by atoms with Crippen LogP contribution in [0.4, 0.5) is 5.69 Å². The zero-order valence-electron chi connectivity index (χ0n) is 15.1. The van der Waals surface area contributed by atoms with Crippen LogP contribution in [0.2, 0.25) is 0 Å². The molecule has 0 saturated carbocycles. The first kappa shape index (κ1) is 18.5. The minimum atomic E-state index is -0.270. The van der Waals surface area contributed by atoms with E-state index in [1.807, 2.05) is 29.2 Å². The Kier molecular flexibility index (Phi) is 6.06. The van der Waals surface area contributed by atoms with Gasteiger partial charge in [-0.3, -0.25) is 9.59 Å². The SMILES string of the molecule is N#Cc1cccc(C(=O)NCCC(=O)N2CCN(c3ccccc3)CC2)c1. The summed E-state index contributed by atoms with van der Waals surface area (Å²) in [4.78, 5) is 28.6. The number of rotatable bonds is 5. The van der Waals surface area contributed by atoms with E-state index in [0.717, 1.165) is 13.1 Å². The number of para-hydroxylation sites is 1. The average Bonchev–Trinajstić information content (AvgIpc) is 2.74. The van der Waals surface area contributed by atoms with Crippen molar-refractivity contribution in [3.63, 3.8) is 0 Å². The van der Waals surface area contributed by atoms with Crippen LogP contribution in [-0.2, 0) is 4.79 Å². The zero-order chi connectivity index (χ0) is 19.1. The molecule has 1 aliphatic rings. The topological polar surface area (TPSA) is 76.4 Å². The van der Waals surface area contributed by atoms with E-state index in [-0.39, 0.29) is 24.8 Å². The Hall–Kier alpha value is -3.33. The molecule has 0 spiro atoms. The zero-order valence-corrected chi connectivity index (χ0v) is 15.1. The Morgan fingerprint density at radius 1 is 1.00 bits per heavy atom. The molecule has 6 nitrogen and oxygen atoms in total. The van der Waals surface area contributed by atoms with Gasteiger partial charge in [0.15, 0.2) is 0 Å². The maximum Gasteiger partial charge on any atom is 0.251 e. The first-order valence-electron chi connectivity index (χ1n) is 9.03. The first-order valence-corrected chi connectivity index (χ1v) is 9.03. The highest BCUT2D eigenvalue weighted by Crippen LogP contribution is 2.15. The van der Waals surface area contributed by atoms with Gasteiger partial charge in [-0.15, -0.1) is 0 Å². The molecule has 2 amide bonds. The van der Waals surface area contributed by atoms with E-state index in [1.165, 1.54) is 5.69 Å². The molecule has 6 heteroatoms. The van der Waals surface area contributed by atoms with Gasteiger partial charge in [0.1, 0.15) is 0 Å². The lowest BCUT2D eigenvalue weighted by Gasteiger charge is -2.36. The van der Waals surface area contributed by atoms with Gasteiger partial charge in [0.05, 0.1) is 11.6 Å². The van der Waals surface area contributed by atoms with E-state index >= 15 is 0 Å². The minimum absolute atomic E-state index is 0.0498. The second kappa shape index (κ2) is 8.86. The highest BCUT2D eigenvalue weighted by Gasteiger charge is 2.21. The Labute approximate surface area is 159 Å². The van der Waals surface area contributed by atoms with Crippen molar-refractivity contribution in [1.29, 1.82) is 5.26 Å². The third-order valence-electron chi connectivity index (χ3n) is 4.63. The molecular weight excluding hydrogens is 340 g/mol. The molecular formula is C21H22N4O2. The molecule has 0 radical (unpaired) electrons. The van der Waals surface area contributed by atoms with Crippen LogP contribution >= 0.6 is 0 Å². The summed E-state index contributed by atoms with van der Waals surface area (Å²) >= 11 is 0. The Morgan fingerprint density at radius 2 is 1.74 bits per heavy atom. The molecule has 1 saturated heterocycles. The number of carbonyl (C=O) groups excluding carboxylic acids is 2. The second-order valence-corrected chi connectivity index (χ2v) is 6.40. The van der Waals surface area contributed by atoms with E-state index in [0.29, 0.717) is 24.2 Å². The second-order valence-electron chi connectivity index (χ2n) is 6.40. The van der Waals surface area contributed by atoms with Gasteiger partial charge in [-0.25, -0.2) is 0 Å². The monoisotopic (exact) mass is 362 g/mol. The molecule has 1 aliphatic heterocycles. The molecule has 1 heterocycles. The van der Waals surface area contributed by atoms with Crippen molar-refractivity contribution >= 4 is 17.5 Å². The van der Waals surface area contributed by atoms with Gasteiger partial charge < -0.3 is 15.1 Å². The molecule has 1 N–H and O–H groups in total. The molecule has 0 bridgehead atoms. The van der Waals surface area contributed by atoms with Crippen LogP contribution in [0.1, 0.15) is 22.3 Å². The standard InChI is InChI=1S/C21H22N4O2/c22-16-17-5-4-6-18(15-17)21(27)23-10-9-20(26)25-13-11-24(12-14-25)19-7-2-1-3-8-19/h1-8,15H,9-14H2,(H,23,27). The third-order valence-corrected chi connectivity index (χ3v) is 4.63. The number of piperazine rings is 1. The van der Waals surface area contributed by atoms with Crippen molar-refractivity contribution in [3.05, 3.63) is 65.7 Å². The summed E-state index contributed by atoms with van der Waals surface area (Å²) in [6.07, 6.45) is 0.273. The van der Waals surface area contributed by atoms with Crippen LogP contribution in [0, 0.1) is 11.3 Å². The van der Waals surface area contributed by atoms with Crippen LogP contribution in [-0.4, -0.2) is 49.4 Å². The predicted molar refractivity (Wildman–Crippen MR) is 103 cm³/mol. The fourth-order valence-corrected chi connectivity index (χ4v) is 3.13. The molecule has 0 aromatic heterocycles. The fraction of sp³-hybridized carbons (Fsp3) is 0.286. The number of amides is 2. The molecule has 0 unspecified atom stereocenters. The summed E-state index contributed by atoms with van der Waals surface area (Å²) in [5.74, 6) is -0.220. The summed E-state index contributed by atoms with van der Waals surface area (Å²) in [6, 6.07) is 18.7. The Morgan fingerprint density at radius 3 is 2.44 bits per heavy atom. The van der Waals surface area contributed by atoms with Crippen LogP contribution in [0.5, 0.6) is 0 Å². The van der Waals surface area contributed by atoms with Crippen molar-refractivity contribution in [2.24, 2.45) is 0 Å². The predicted octanol–water partition coefficient (Wildman–Crippen LogP) is 2.03. The third kappa shape index (κ3) is 4.85. The number of hydrogen-bond donors (Lipinski definition) is 1. The highest BCUT2D eigenvalue weighted by molar-refractivity contribution is 5.94. The minimum Gasteiger partial charge on any atom is -0.368 e. The molecule has 138 valence electrons. The van der Waals surface area contributed by atoms with Crippen LogP contribution in [0.25, 0.3) is 0 Å². The number of nitrogens with zero attached hydrogens (tertiary/aromatic N) is 3. The highest BCUT2D eigenvalue weighted by atomic mass is 16.2. The van der Waals surface area contributed by atoms with E-state index in [1.54, 1.807) is 24.3 Å². The molecule has 0 aliphatic carbocycles. The van der Waals surface area contributed by atoms with Crippen LogP contribution in [0.15, 0.2) is 54.6 Å². The summed E-state index contributed by atoms with van der Waals surface area (Å²) in [5, 5.41) is 11.6. The molecule has 1 fully saturated rings. The van der Waals surface area contributed by atoms with E-state index in [2.05, 4.69) is 22.3 Å². The summed E-state index contributed by atoms with van der Waals surface area (Å²) in [6.45, 7) is 3.28. The van der Waals surface area contributed by atoms with Crippen molar-refractivity contribution in [2.45, 2.75) is 6.42 Å². The largest absolute Gasteiger partial charge is 0.368 e. The lowest BCUT2D eigenvalue weighted by molar-refractivity contribution is -0.131. The molecule has 2 aromatic rings. The van der Waals surface area contributed by atoms with E-state index in [9.17, 15) is 9.59 Å². The fourth-order valence-electron chi connectivity index (χ4n) is 3.13. The summed E-state index contributed by atoms with van der Waals surface area (Å²) in [5.41, 5.74) is 2.05. The van der Waals surface area contributed by atoms with Crippen molar-refractivity contribution in [3.8, 4) is 6.07 Å². The average molecular weight is 362 g/mol. The van der Waals surface area contributed by atoms with Crippen molar-refractivity contribution in [1.82, 2.24) is 10.2 Å². The van der Waals surface area contributed by atoms with Crippen LogP contribution < -0.4 is 10.2 Å². The van der Waals surface area contributed by atoms with Crippen molar-refractivity contribution < 1.29 is 9.59 Å². The van der Waals surface area contributed by atoms with Gasteiger partial charge >= 0.3 is 0 Å². The van der Waals surface area contributed by atoms with Gasteiger partial charge in [0, 0.05) is 50.4 Å².